The molecule has 1 aromatic rings. The van der Waals surface area contributed by atoms with Gasteiger partial charge in [0.2, 0.25) is 0 Å². The number of nitrogens with zero attached hydrogens (tertiary/aromatic N) is 2. The summed E-state index contributed by atoms with van der Waals surface area (Å²) in [4.78, 5) is 4.26. The van der Waals surface area contributed by atoms with Crippen molar-refractivity contribution in [2.24, 2.45) is 0 Å². The molecular formula is C9H12I2N2O. The number of rotatable bonds is 1. The zero-order valence-electron chi connectivity index (χ0n) is 7.66. The van der Waals surface area contributed by atoms with Crippen LogP contribution in [0.15, 0.2) is 6.33 Å². The Labute approximate surface area is 111 Å². The van der Waals surface area contributed by atoms with Gasteiger partial charge in [-0.1, -0.05) is 12.8 Å². The number of aliphatic hydroxyl groups excluding tert-OH is 1. The van der Waals surface area contributed by atoms with E-state index in [-0.39, 0.29) is 12.1 Å². The molecule has 0 aromatic carbocycles. The van der Waals surface area contributed by atoms with E-state index in [1.54, 1.807) is 0 Å². The van der Waals surface area contributed by atoms with E-state index < -0.39 is 0 Å². The molecule has 1 heterocycles. The van der Waals surface area contributed by atoms with E-state index in [1.807, 2.05) is 6.33 Å². The molecule has 1 saturated carbocycles. The van der Waals surface area contributed by atoms with Crippen LogP contribution in [0, 0.1) is 7.40 Å². The van der Waals surface area contributed by atoms with Crippen molar-refractivity contribution < 1.29 is 5.11 Å². The molecule has 0 spiro atoms. The molecule has 5 heteroatoms. The van der Waals surface area contributed by atoms with Gasteiger partial charge >= 0.3 is 0 Å². The summed E-state index contributed by atoms with van der Waals surface area (Å²) in [7, 11) is 0. The Hall–Kier alpha value is 0.630. The number of halogens is 2. The van der Waals surface area contributed by atoms with Gasteiger partial charge in [-0.2, -0.15) is 0 Å². The third-order valence-electron chi connectivity index (χ3n) is 2.74. The van der Waals surface area contributed by atoms with Crippen LogP contribution in [0.25, 0.3) is 0 Å². The van der Waals surface area contributed by atoms with Crippen molar-refractivity contribution in [3.63, 3.8) is 0 Å². The molecule has 1 aliphatic rings. The molecule has 2 atom stereocenters. The van der Waals surface area contributed by atoms with Crippen LogP contribution in [0.4, 0.5) is 0 Å². The first-order chi connectivity index (χ1) is 6.70. The van der Waals surface area contributed by atoms with Gasteiger partial charge in [0.1, 0.15) is 7.40 Å². The molecule has 78 valence electrons. The third kappa shape index (κ3) is 2.08. The highest BCUT2D eigenvalue weighted by molar-refractivity contribution is 14.1. The fourth-order valence-electron chi connectivity index (χ4n) is 1.97. The van der Waals surface area contributed by atoms with Crippen molar-refractivity contribution in [3.8, 4) is 0 Å². The molecule has 1 aliphatic carbocycles. The molecule has 3 nitrogen and oxygen atoms in total. The SMILES string of the molecule is OC1CCCCC1n1cnc(I)c1I. The summed E-state index contributed by atoms with van der Waals surface area (Å²) in [5, 5.41) is 9.90. The normalized spacial score (nSPS) is 27.9. The smallest absolute Gasteiger partial charge is 0.132 e. The predicted octanol–water partition coefficient (Wildman–Crippen LogP) is 2.57. The first-order valence-electron chi connectivity index (χ1n) is 4.76. The molecule has 0 aliphatic heterocycles. The molecule has 2 rings (SSSR count). The third-order valence-corrected chi connectivity index (χ3v) is 5.63. The largest absolute Gasteiger partial charge is 0.391 e. The van der Waals surface area contributed by atoms with Gasteiger partial charge in [-0.3, -0.25) is 0 Å². The fraction of sp³-hybridized carbons (Fsp3) is 0.667. The highest BCUT2D eigenvalue weighted by Gasteiger charge is 2.26. The van der Waals surface area contributed by atoms with E-state index in [2.05, 4.69) is 54.7 Å². The lowest BCUT2D eigenvalue weighted by atomic mass is 9.92. The van der Waals surface area contributed by atoms with Gasteiger partial charge in [0.15, 0.2) is 0 Å². The summed E-state index contributed by atoms with van der Waals surface area (Å²) in [6.07, 6.45) is 6.02. The second-order valence-electron chi connectivity index (χ2n) is 3.65. The topological polar surface area (TPSA) is 38.0 Å². The maximum Gasteiger partial charge on any atom is 0.132 e. The number of aromatic nitrogens is 2. The standard InChI is InChI=1S/C9H12I2N2O/c10-8-9(11)13(5-12-8)6-3-1-2-4-7(6)14/h5-7,14H,1-4H2. The lowest BCUT2D eigenvalue weighted by molar-refractivity contribution is 0.0743. The molecule has 1 fully saturated rings. The molecule has 1 N–H and O–H groups in total. The summed E-state index contributed by atoms with van der Waals surface area (Å²) in [6, 6.07) is 0.242. The van der Waals surface area contributed by atoms with E-state index >= 15 is 0 Å². The average Bonchev–Trinajstić information content (AvgIpc) is 2.49. The van der Waals surface area contributed by atoms with Gasteiger partial charge in [-0.05, 0) is 58.0 Å². The first kappa shape index (κ1) is 11.1. The number of hydrogen-bond acceptors (Lipinski definition) is 2. The second-order valence-corrected chi connectivity index (χ2v) is 5.70. The zero-order chi connectivity index (χ0) is 10.1. The van der Waals surface area contributed by atoms with E-state index in [4.69, 9.17) is 0 Å². The van der Waals surface area contributed by atoms with Gasteiger partial charge in [-0.15, -0.1) is 0 Å². The minimum atomic E-state index is -0.192. The molecule has 0 amide bonds. The Morgan fingerprint density at radius 2 is 2.07 bits per heavy atom. The summed E-state index contributed by atoms with van der Waals surface area (Å²) >= 11 is 4.52. The number of aliphatic hydroxyl groups is 1. The quantitative estimate of drug-likeness (QED) is 0.713. The van der Waals surface area contributed by atoms with Gasteiger partial charge in [0.25, 0.3) is 0 Å². The van der Waals surface area contributed by atoms with Crippen LogP contribution < -0.4 is 0 Å². The lowest BCUT2D eigenvalue weighted by Gasteiger charge is -2.29. The molecule has 1 aromatic heterocycles. The van der Waals surface area contributed by atoms with Crippen LogP contribution in [-0.4, -0.2) is 20.8 Å². The van der Waals surface area contributed by atoms with Crippen molar-refractivity contribution in [1.29, 1.82) is 0 Å². The Morgan fingerprint density at radius 3 is 2.64 bits per heavy atom. The summed E-state index contributed by atoms with van der Waals surface area (Å²) in [5.74, 6) is 0. The maximum absolute atomic E-state index is 9.90. The van der Waals surface area contributed by atoms with Crippen LogP contribution in [-0.2, 0) is 0 Å². The summed E-state index contributed by atoms with van der Waals surface area (Å²) < 4.78 is 4.29. The van der Waals surface area contributed by atoms with Gasteiger partial charge in [0, 0.05) is 0 Å². The summed E-state index contributed by atoms with van der Waals surface area (Å²) in [6.45, 7) is 0. The van der Waals surface area contributed by atoms with E-state index in [9.17, 15) is 5.11 Å². The molecule has 2 unspecified atom stereocenters. The van der Waals surface area contributed by atoms with E-state index in [1.165, 1.54) is 6.42 Å². The predicted molar refractivity (Wildman–Crippen MR) is 71.2 cm³/mol. The summed E-state index contributed by atoms with van der Waals surface area (Å²) in [5.41, 5.74) is 0. The van der Waals surface area contributed by atoms with Crippen molar-refractivity contribution >= 4 is 45.2 Å². The van der Waals surface area contributed by atoms with Crippen molar-refractivity contribution in [2.75, 3.05) is 0 Å². The van der Waals surface area contributed by atoms with E-state index in [0.29, 0.717) is 0 Å². The minimum absolute atomic E-state index is 0.192. The van der Waals surface area contributed by atoms with Gasteiger partial charge in [0.05, 0.1) is 18.5 Å². The van der Waals surface area contributed by atoms with Crippen LogP contribution in [0.2, 0.25) is 0 Å². The lowest BCUT2D eigenvalue weighted by Crippen LogP contribution is -2.27. The van der Waals surface area contributed by atoms with Crippen LogP contribution in [0.1, 0.15) is 31.7 Å². The Kier molecular flexibility index (Phi) is 3.69. The first-order valence-corrected chi connectivity index (χ1v) is 6.92. The van der Waals surface area contributed by atoms with Crippen molar-refractivity contribution in [3.05, 3.63) is 13.7 Å². The Balaban J connectivity index is 2.24. The molecular weight excluding hydrogens is 406 g/mol. The zero-order valence-corrected chi connectivity index (χ0v) is 12.0. The second kappa shape index (κ2) is 4.65. The molecule has 0 bridgehead atoms. The van der Waals surface area contributed by atoms with Crippen LogP contribution >= 0.6 is 45.2 Å². The number of imidazole rings is 1. The van der Waals surface area contributed by atoms with Gasteiger partial charge in [-0.25, -0.2) is 4.98 Å². The monoisotopic (exact) mass is 418 g/mol. The number of hydrogen-bond donors (Lipinski definition) is 1. The van der Waals surface area contributed by atoms with Gasteiger partial charge < -0.3 is 9.67 Å². The van der Waals surface area contributed by atoms with Crippen molar-refractivity contribution in [2.45, 2.75) is 37.8 Å². The van der Waals surface area contributed by atoms with Crippen molar-refractivity contribution in [1.82, 2.24) is 9.55 Å². The Morgan fingerprint density at radius 1 is 1.36 bits per heavy atom. The highest BCUT2D eigenvalue weighted by atomic mass is 127. The maximum atomic E-state index is 9.90. The van der Waals surface area contributed by atoms with Crippen LogP contribution in [0.3, 0.4) is 0 Å². The van der Waals surface area contributed by atoms with Crippen LogP contribution in [0.5, 0.6) is 0 Å². The Bertz CT molecular complexity index is 327. The minimum Gasteiger partial charge on any atom is -0.391 e. The fourth-order valence-corrected chi connectivity index (χ4v) is 3.00. The highest BCUT2D eigenvalue weighted by Crippen LogP contribution is 2.30. The molecule has 0 radical (unpaired) electrons. The molecule has 14 heavy (non-hydrogen) atoms. The van der Waals surface area contributed by atoms with E-state index in [0.717, 1.165) is 26.7 Å². The molecule has 0 saturated heterocycles. The average molecular weight is 418 g/mol.